The zero-order valence-corrected chi connectivity index (χ0v) is 18.4. The van der Waals surface area contributed by atoms with Gasteiger partial charge in [-0.15, -0.1) is 0 Å². The summed E-state index contributed by atoms with van der Waals surface area (Å²) in [5, 5.41) is 0.869. The maximum atomic E-state index is 13.3. The molecule has 7 heteroatoms. The molecule has 2 aliphatic heterocycles. The van der Waals surface area contributed by atoms with E-state index in [1.165, 1.54) is 24.2 Å². The van der Waals surface area contributed by atoms with Crippen molar-refractivity contribution in [1.29, 1.82) is 0 Å². The second kappa shape index (κ2) is 10.5. The molecule has 0 bridgehead atoms. The van der Waals surface area contributed by atoms with Crippen molar-refractivity contribution in [2.45, 2.75) is 45.4 Å². The van der Waals surface area contributed by atoms with Gasteiger partial charge in [-0.25, -0.2) is 0 Å². The van der Waals surface area contributed by atoms with E-state index in [-0.39, 0.29) is 11.8 Å². The maximum Gasteiger partial charge on any atom is 0.277 e. The van der Waals surface area contributed by atoms with Crippen LogP contribution in [0.2, 0.25) is 10.0 Å². The quantitative estimate of drug-likeness (QED) is 0.411. The van der Waals surface area contributed by atoms with Gasteiger partial charge in [-0.05, 0) is 18.6 Å². The molecule has 0 spiro atoms. The van der Waals surface area contributed by atoms with Crippen LogP contribution in [0.25, 0.3) is 5.57 Å². The van der Waals surface area contributed by atoms with Crippen LogP contribution in [-0.4, -0.2) is 54.5 Å². The number of ether oxygens (including phenoxy) is 1. The Balaban J connectivity index is 1.83. The summed E-state index contributed by atoms with van der Waals surface area (Å²) in [5.41, 5.74) is 1.37. The molecule has 5 nitrogen and oxygen atoms in total. The average molecular weight is 439 g/mol. The lowest BCUT2D eigenvalue weighted by atomic mass is 10.0. The molecule has 0 atom stereocenters. The topological polar surface area (TPSA) is 49.9 Å². The van der Waals surface area contributed by atoms with E-state index >= 15 is 0 Å². The second-order valence-electron chi connectivity index (χ2n) is 7.48. The highest BCUT2D eigenvalue weighted by Crippen LogP contribution is 2.36. The minimum atomic E-state index is -0.269. The van der Waals surface area contributed by atoms with Crippen LogP contribution < -0.4 is 0 Å². The third-order valence-corrected chi connectivity index (χ3v) is 5.95. The Bertz CT molecular complexity index is 788. The molecular weight excluding hydrogens is 411 g/mol. The van der Waals surface area contributed by atoms with Gasteiger partial charge in [-0.1, -0.05) is 68.3 Å². The first-order chi connectivity index (χ1) is 14.0. The van der Waals surface area contributed by atoms with Gasteiger partial charge in [0.05, 0.1) is 23.8 Å². The molecule has 158 valence electrons. The van der Waals surface area contributed by atoms with Crippen molar-refractivity contribution in [2.75, 3.05) is 32.8 Å². The van der Waals surface area contributed by atoms with Crippen LogP contribution >= 0.6 is 23.2 Å². The fourth-order valence-electron chi connectivity index (χ4n) is 3.83. The van der Waals surface area contributed by atoms with Crippen molar-refractivity contribution in [1.82, 2.24) is 9.80 Å². The normalized spacial score (nSPS) is 17.6. The van der Waals surface area contributed by atoms with Gasteiger partial charge < -0.3 is 9.64 Å². The van der Waals surface area contributed by atoms with Gasteiger partial charge in [0.15, 0.2) is 0 Å². The van der Waals surface area contributed by atoms with Crippen molar-refractivity contribution >= 4 is 40.6 Å². The van der Waals surface area contributed by atoms with Gasteiger partial charge in [0.1, 0.15) is 5.70 Å². The monoisotopic (exact) mass is 438 g/mol. The summed E-state index contributed by atoms with van der Waals surface area (Å²) < 4.78 is 5.42. The minimum Gasteiger partial charge on any atom is -0.378 e. The number of amides is 2. The third kappa shape index (κ3) is 5.14. The summed E-state index contributed by atoms with van der Waals surface area (Å²) in [5.74, 6) is -0.499. The van der Waals surface area contributed by atoms with E-state index in [1.54, 1.807) is 18.2 Å². The number of carbonyl (C=O) groups excluding carboxylic acids is 2. The highest BCUT2D eigenvalue weighted by Gasteiger charge is 2.42. The van der Waals surface area contributed by atoms with E-state index in [1.807, 2.05) is 4.90 Å². The SMILES string of the molecule is CCCCCCCCN1C(=O)C(c2ccc(Cl)cc2Cl)=C(N2CCOCC2)C1=O. The number of imide groups is 1. The second-order valence-corrected chi connectivity index (χ2v) is 8.32. The number of halogens is 2. The van der Waals surface area contributed by atoms with E-state index in [2.05, 4.69) is 6.92 Å². The fourth-order valence-corrected chi connectivity index (χ4v) is 4.33. The van der Waals surface area contributed by atoms with Gasteiger partial charge in [-0.2, -0.15) is 0 Å². The zero-order chi connectivity index (χ0) is 20.8. The molecular formula is C22H28Cl2N2O3. The van der Waals surface area contributed by atoms with E-state index < -0.39 is 0 Å². The van der Waals surface area contributed by atoms with Crippen molar-refractivity contribution in [3.63, 3.8) is 0 Å². The van der Waals surface area contributed by atoms with Gasteiger partial charge in [0, 0.05) is 30.2 Å². The smallest absolute Gasteiger partial charge is 0.277 e. The fraction of sp³-hybridized carbons (Fsp3) is 0.545. The number of rotatable bonds is 9. The van der Waals surface area contributed by atoms with Gasteiger partial charge >= 0.3 is 0 Å². The highest BCUT2D eigenvalue weighted by atomic mass is 35.5. The van der Waals surface area contributed by atoms with Crippen LogP contribution in [0.3, 0.4) is 0 Å². The number of hydrogen-bond acceptors (Lipinski definition) is 4. The summed E-state index contributed by atoms with van der Waals surface area (Å²) in [6.07, 6.45) is 6.58. The molecule has 0 saturated carbocycles. The average Bonchev–Trinajstić information content (AvgIpc) is 2.95. The highest BCUT2D eigenvalue weighted by molar-refractivity contribution is 6.41. The van der Waals surface area contributed by atoms with Crippen molar-refractivity contribution in [3.8, 4) is 0 Å². The molecule has 0 N–H and O–H groups in total. The number of nitrogens with zero attached hydrogens (tertiary/aromatic N) is 2. The summed E-state index contributed by atoms with van der Waals surface area (Å²) >= 11 is 12.4. The number of unbranched alkanes of at least 4 members (excludes halogenated alkanes) is 5. The lowest BCUT2D eigenvalue weighted by molar-refractivity contribution is -0.137. The zero-order valence-electron chi connectivity index (χ0n) is 16.9. The molecule has 0 aliphatic carbocycles. The standard InChI is InChI=1S/C22H28Cl2N2O3/c1-2-3-4-5-6-7-10-26-21(27)19(17-9-8-16(23)15-18(17)24)20(22(26)28)25-11-13-29-14-12-25/h8-9,15H,2-7,10-14H2,1H3. The lowest BCUT2D eigenvalue weighted by Crippen LogP contribution is -2.40. The Morgan fingerprint density at radius 1 is 0.966 bits per heavy atom. The molecule has 0 radical (unpaired) electrons. The number of carbonyl (C=O) groups is 2. The molecule has 2 amide bonds. The Labute approximate surface area is 182 Å². The predicted octanol–water partition coefficient (Wildman–Crippen LogP) is 4.77. The van der Waals surface area contributed by atoms with Gasteiger partial charge in [0.25, 0.3) is 11.8 Å². The lowest BCUT2D eigenvalue weighted by Gasteiger charge is -2.29. The molecule has 3 rings (SSSR count). The summed E-state index contributed by atoms with van der Waals surface area (Å²) in [7, 11) is 0. The van der Waals surface area contributed by atoms with Gasteiger partial charge in [0.2, 0.25) is 0 Å². The molecule has 1 aromatic rings. The molecule has 1 saturated heterocycles. The van der Waals surface area contributed by atoms with Gasteiger partial charge in [-0.3, -0.25) is 14.5 Å². The minimum absolute atomic E-state index is 0.230. The maximum absolute atomic E-state index is 13.3. The third-order valence-electron chi connectivity index (χ3n) is 5.41. The molecule has 1 fully saturated rings. The Hall–Kier alpha value is -1.56. The van der Waals surface area contributed by atoms with Crippen LogP contribution in [0.1, 0.15) is 51.0 Å². The Morgan fingerprint density at radius 2 is 1.66 bits per heavy atom. The molecule has 0 unspecified atom stereocenters. The first kappa shape index (κ1) is 22.1. The molecule has 1 aromatic carbocycles. The largest absolute Gasteiger partial charge is 0.378 e. The van der Waals surface area contributed by atoms with E-state index in [9.17, 15) is 9.59 Å². The van der Waals surface area contributed by atoms with Crippen LogP contribution in [0.5, 0.6) is 0 Å². The van der Waals surface area contributed by atoms with E-state index in [0.717, 1.165) is 19.3 Å². The Morgan fingerprint density at radius 3 is 2.34 bits per heavy atom. The van der Waals surface area contributed by atoms with Crippen molar-refractivity contribution in [3.05, 3.63) is 39.5 Å². The molecule has 0 aromatic heterocycles. The first-order valence-electron chi connectivity index (χ1n) is 10.4. The molecule has 2 heterocycles. The summed E-state index contributed by atoms with van der Waals surface area (Å²) in [6, 6.07) is 5.03. The van der Waals surface area contributed by atoms with Crippen molar-refractivity contribution < 1.29 is 14.3 Å². The van der Waals surface area contributed by atoms with E-state index in [4.69, 9.17) is 27.9 Å². The molecule has 29 heavy (non-hydrogen) atoms. The van der Waals surface area contributed by atoms with E-state index in [0.29, 0.717) is 59.7 Å². The predicted molar refractivity (Wildman–Crippen MR) is 116 cm³/mol. The molecule has 2 aliphatic rings. The van der Waals surface area contributed by atoms with Crippen LogP contribution in [0.4, 0.5) is 0 Å². The summed E-state index contributed by atoms with van der Waals surface area (Å²) in [6.45, 7) is 4.84. The Kier molecular flexibility index (Phi) is 7.99. The van der Waals surface area contributed by atoms with Crippen LogP contribution in [-0.2, 0) is 14.3 Å². The van der Waals surface area contributed by atoms with Crippen LogP contribution in [0.15, 0.2) is 23.9 Å². The first-order valence-corrected chi connectivity index (χ1v) is 11.2. The summed E-state index contributed by atoms with van der Waals surface area (Å²) in [4.78, 5) is 29.8. The number of morpholine rings is 1. The number of hydrogen-bond donors (Lipinski definition) is 0. The number of benzene rings is 1. The van der Waals surface area contributed by atoms with Crippen LogP contribution in [0, 0.1) is 0 Å². The van der Waals surface area contributed by atoms with Crippen molar-refractivity contribution in [2.24, 2.45) is 0 Å².